The largest absolute Gasteiger partial charge is 0.346 e. The quantitative estimate of drug-likeness (QED) is 0.673. The molecule has 13 heavy (non-hydrogen) atoms. The topological polar surface area (TPSA) is 21.7 Å². The smallest absolute Gasteiger partial charge is 0.182 e. The molecule has 2 rings (SSSR count). The van der Waals surface area contributed by atoms with Crippen LogP contribution in [0, 0.1) is 0 Å². The van der Waals surface area contributed by atoms with E-state index in [4.69, 9.17) is 21.1 Å². The van der Waals surface area contributed by atoms with Gasteiger partial charge >= 0.3 is 0 Å². The molecule has 74 valence electrons. The van der Waals surface area contributed by atoms with Crippen molar-refractivity contribution in [2.24, 2.45) is 0 Å². The Balaban J connectivity index is 1.89. The molecular formula is C9H14ClNO2. The van der Waals surface area contributed by atoms with Gasteiger partial charge in [0.2, 0.25) is 0 Å². The maximum Gasteiger partial charge on any atom is 0.182 e. The summed E-state index contributed by atoms with van der Waals surface area (Å²) in [6.45, 7) is 7.64. The van der Waals surface area contributed by atoms with Gasteiger partial charge in [-0.25, -0.2) is 0 Å². The molecule has 2 saturated heterocycles. The van der Waals surface area contributed by atoms with Crippen molar-refractivity contribution < 1.29 is 9.47 Å². The van der Waals surface area contributed by atoms with E-state index in [0.717, 1.165) is 39.3 Å². The fourth-order valence-corrected chi connectivity index (χ4v) is 2.11. The van der Waals surface area contributed by atoms with Gasteiger partial charge in [-0.1, -0.05) is 18.2 Å². The van der Waals surface area contributed by atoms with E-state index in [-0.39, 0.29) is 5.79 Å². The molecule has 0 atom stereocenters. The van der Waals surface area contributed by atoms with Crippen LogP contribution in [0.15, 0.2) is 11.6 Å². The molecule has 0 saturated carbocycles. The van der Waals surface area contributed by atoms with Crippen LogP contribution in [0.25, 0.3) is 0 Å². The molecule has 2 heterocycles. The third-order valence-corrected chi connectivity index (χ3v) is 2.60. The lowest BCUT2D eigenvalue weighted by Crippen LogP contribution is -2.34. The van der Waals surface area contributed by atoms with Crippen LogP contribution in [0.1, 0.15) is 6.42 Å². The summed E-state index contributed by atoms with van der Waals surface area (Å²) in [6, 6.07) is 0. The molecule has 0 N–H and O–H groups in total. The standard InChI is InChI=1S/C9H14ClNO2/c1-8(10)6-11-3-2-9(7-11)12-4-5-13-9/h1-7H2. The number of hydrogen-bond acceptors (Lipinski definition) is 3. The van der Waals surface area contributed by atoms with E-state index in [0.29, 0.717) is 5.03 Å². The summed E-state index contributed by atoms with van der Waals surface area (Å²) in [6.07, 6.45) is 0.942. The second kappa shape index (κ2) is 3.58. The van der Waals surface area contributed by atoms with Crippen molar-refractivity contribution in [3.05, 3.63) is 11.6 Å². The van der Waals surface area contributed by atoms with E-state index in [9.17, 15) is 0 Å². The van der Waals surface area contributed by atoms with Gasteiger partial charge in [0.25, 0.3) is 0 Å². The Morgan fingerprint density at radius 3 is 2.77 bits per heavy atom. The van der Waals surface area contributed by atoms with Gasteiger partial charge in [0, 0.05) is 24.5 Å². The molecule has 2 aliphatic rings. The molecule has 0 aromatic carbocycles. The second-order valence-corrected chi connectivity index (χ2v) is 4.12. The summed E-state index contributed by atoms with van der Waals surface area (Å²) >= 11 is 5.74. The monoisotopic (exact) mass is 203 g/mol. The van der Waals surface area contributed by atoms with Crippen molar-refractivity contribution >= 4 is 11.6 Å². The Morgan fingerprint density at radius 2 is 2.15 bits per heavy atom. The van der Waals surface area contributed by atoms with E-state index in [1.165, 1.54) is 0 Å². The van der Waals surface area contributed by atoms with Crippen LogP contribution in [0.3, 0.4) is 0 Å². The highest BCUT2D eigenvalue weighted by molar-refractivity contribution is 6.29. The number of ether oxygens (including phenoxy) is 2. The fraction of sp³-hybridized carbons (Fsp3) is 0.778. The molecule has 0 bridgehead atoms. The van der Waals surface area contributed by atoms with E-state index in [2.05, 4.69) is 11.5 Å². The van der Waals surface area contributed by atoms with Gasteiger partial charge in [-0.15, -0.1) is 0 Å². The van der Waals surface area contributed by atoms with Crippen LogP contribution >= 0.6 is 11.6 Å². The molecule has 0 unspecified atom stereocenters. The highest BCUT2D eigenvalue weighted by Gasteiger charge is 2.42. The van der Waals surface area contributed by atoms with Crippen LogP contribution in [0.2, 0.25) is 0 Å². The SMILES string of the molecule is C=C(Cl)CN1CCC2(C1)OCCO2. The highest BCUT2D eigenvalue weighted by Crippen LogP contribution is 2.30. The van der Waals surface area contributed by atoms with E-state index in [1.54, 1.807) is 0 Å². The van der Waals surface area contributed by atoms with Crippen LogP contribution in [-0.4, -0.2) is 43.5 Å². The van der Waals surface area contributed by atoms with Crippen molar-refractivity contribution in [3.63, 3.8) is 0 Å². The third-order valence-electron chi connectivity index (χ3n) is 2.48. The summed E-state index contributed by atoms with van der Waals surface area (Å²) in [5, 5.41) is 0.676. The Bertz CT molecular complexity index is 214. The average Bonchev–Trinajstić information content (AvgIpc) is 2.63. The maximum atomic E-state index is 5.74. The Morgan fingerprint density at radius 1 is 1.46 bits per heavy atom. The van der Waals surface area contributed by atoms with Crippen LogP contribution in [-0.2, 0) is 9.47 Å². The second-order valence-electron chi connectivity index (χ2n) is 3.59. The van der Waals surface area contributed by atoms with Crippen molar-refractivity contribution in [3.8, 4) is 0 Å². The number of likely N-dealkylation sites (tertiary alicyclic amines) is 1. The van der Waals surface area contributed by atoms with Gasteiger partial charge in [-0.3, -0.25) is 4.90 Å². The first kappa shape index (κ1) is 9.46. The molecule has 3 nitrogen and oxygen atoms in total. The molecule has 0 aliphatic carbocycles. The number of hydrogen-bond donors (Lipinski definition) is 0. The van der Waals surface area contributed by atoms with Crippen molar-refractivity contribution in [2.75, 3.05) is 32.8 Å². The first-order valence-electron chi connectivity index (χ1n) is 4.54. The first-order valence-corrected chi connectivity index (χ1v) is 4.92. The third kappa shape index (κ3) is 2.05. The fourth-order valence-electron chi connectivity index (χ4n) is 1.94. The molecule has 0 aromatic rings. The summed E-state index contributed by atoms with van der Waals surface area (Å²) < 4.78 is 11.2. The normalized spacial score (nSPS) is 27.2. The number of nitrogens with zero attached hydrogens (tertiary/aromatic N) is 1. The predicted octanol–water partition coefficient (Wildman–Crippen LogP) is 1.19. The molecule has 0 radical (unpaired) electrons. The molecular weight excluding hydrogens is 190 g/mol. The zero-order valence-corrected chi connectivity index (χ0v) is 8.35. The van der Waals surface area contributed by atoms with E-state index >= 15 is 0 Å². The van der Waals surface area contributed by atoms with E-state index in [1.807, 2.05) is 0 Å². The average molecular weight is 204 g/mol. The van der Waals surface area contributed by atoms with Gasteiger partial charge in [0.1, 0.15) is 0 Å². The van der Waals surface area contributed by atoms with Crippen molar-refractivity contribution in [1.82, 2.24) is 4.90 Å². The Hall–Kier alpha value is -0.0900. The van der Waals surface area contributed by atoms with Gasteiger partial charge in [0.15, 0.2) is 5.79 Å². The highest BCUT2D eigenvalue weighted by atomic mass is 35.5. The molecule has 0 aromatic heterocycles. The van der Waals surface area contributed by atoms with Gasteiger partial charge in [-0.05, 0) is 0 Å². The van der Waals surface area contributed by atoms with Crippen molar-refractivity contribution in [2.45, 2.75) is 12.2 Å². The molecule has 1 spiro atoms. The lowest BCUT2D eigenvalue weighted by molar-refractivity contribution is -0.144. The molecule has 2 aliphatic heterocycles. The van der Waals surface area contributed by atoms with Gasteiger partial charge in [-0.2, -0.15) is 0 Å². The lowest BCUT2D eigenvalue weighted by atomic mass is 10.2. The molecule has 2 fully saturated rings. The van der Waals surface area contributed by atoms with Crippen LogP contribution in [0.4, 0.5) is 0 Å². The van der Waals surface area contributed by atoms with E-state index < -0.39 is 0 Å². The first-order chi connectivity index (χ1) is 6.20. The lowest BCUT2D eigenvalue weighted by Gasteiger charge is -2.22. The molecule has 4 heteroatoms. The Kier molecular flexibility index (Phi) is 2.60. The number of halogens is 1. The predicted molar refractivity (Wildman–Crippen MR) is 50.7 cm³/mol. The summed E-state index contributed by atoms with van der Waals surface area (Å²) in [5.74, 6) is -0.327. The molecule has 0 amide bonds. The van der Waals surface area contributed by atoms with Gasteiger partial charge in [0.05, 0.1) is 19.8 Å². The summed E-state index contributed by atoms with van der Waals surface area (Å²) in [7, 11) is 0. The maximum absolute atomic E-state index is 5.74. The van der Waals surface area contributed by atoms with Gasteiger partial charge < -0.3 is 9.47 Å². The zero-order valence-electron chi connectivity index (χ0n) is 7.59. The Labute approximate surface area is 83.2 Å². The summed E-state index contributed by atoms with van der Waals surface area (Å²) in [5.41, 5.74) is 0. The number of rotatable bonds is 2. The van der Waals surface area contributed by atoms with Crippen molar-refractivity contribution in [1.29, 1.82) is 0 Å². The minimum absolute atomic E-state index is 0.327. The zero-order chi connectivity index (χ0) is 9.31. The summed E-state index contributed by atoms with van der Waals surface area (Å²) in [4.78, 5) is 2.21. The minimum Gasteiger partial charge on any atom is -0.346 e. The van der Waals surface area contributed by atoms with Crippen LogP contribution in [0.5, 0.6) is 0 Å². The van der Waals surface area contributed by atoms with Crippen LogP contribution < -0.4 is 0 Å². The minimum atomic E-state index is -0.327.